The molecule has 0 saturated heterocycles. The van der Waals surface area contributed by atoms with E-state index in [1.54, 1.807) is 26.4 Å². The Hall–Kier alpha value is -2.97. The van der Waals surface area contributed by atoms with Crippen molar-refractivity contribution in [1.82, 2.24) is 29.5 Å². The van der Waals surface area contributed by atoms with Crippen LogP contribution in [0.3, 0.4) is 0 Å². The molecule has 0 radical (unpaired) electrons. The number of fused-ring (bicyclic) bond motifs is 1. The Morgan fingerprint density at radius 1 is 1.23 bits per heavy atom. The molecule has 3 aromatic rings. The summed E-state index contributed by atoms with van der Waals surface area (Å²) in [6.07, 6.45) is 8.27. The summed E-state index contributed by atoms with van der Waals surface area (Å²) in [6.45, 7) is 8.93. The summed E-state index contributed by atoms with van der Waals surface area (Å²) < 4.78 is 14.2. The van der Waals surface area contributed by atoms with Gasteiger partial charge in [-0.15, -0.1) is 0 Å². The number of hydrogen-bond acceptors (Lipinski definition) is 7. The predicted molar refractivity (Wildman–Crippen MR) is 115 cm³/mol. The van der Waals surface area contributed by atoms with E-state index in [1.807, 2.05) is 0 Å². The molecule has 4 rings (SSSR count). The van der Waals surface area contributed by atoms with Gasteiger partial charge in [0.15, 0.2) is 0 Å². The lowest BCUT2D eigenvalue weighted by molar-refractivity contribution is 0.0526. The zero-order valence-corrected chi connectivity index (χ0v) is 18.8. The maximum absolute atomic E-state index is 12.0. The highest BCUT2D eigenvalue weighted by Crippen LogP contribution is 2.42. The minimum absolute atomic E-state index is 0.282. The molecular weight excluding hydrogens is 396 g/mol. The van der Waals surface area contributed by atoms with E-state index in [4.69, 9.17) is 14.6 Å². The summed E-state index contributed by atoms with van der Waals surface area (Å²) in [4.78, 5) is 21.2. The predicted octanol–water partition coefficient (Wildman–Crippen LogP) is 3.83. The molecule has 1 fully saturated rings. The summed E-state index contributed by atoms with van der Waals surface area (Å²) in [5.74, 6) is 2.09. The highest BCUT2D eigenvalue weighted by atomic mass is 16.5. The van der Waals surface area contributed by atoms with Crippen LogP contribution in [-0.2, 0) is 4.74 Å². The maximum Gasteiger partial charge on any atom is 0.341 e. The number of esters is 1. The van der Waals surface area contributed by atoms with Crippen molar-refractivity contribution in [3.8, 4) is 11.8 Å². The molecule has 0 aliphatic heterocycles. The lowest BCUT2D eigenvalue weighted by Gasteiger charge is -2.37. The molecule has 1 aliphatic rings. The lowest BCUT2D eigenvalue weighted by atomic mass is 9.74. The van der Waals surface area contributed by atoms with Gasteiger partial charge in [0.25, 0.3) is 5.95 Å². The highest BCUT2D eigenvalue weighted by Gasteiger charge is 2.34. The maximum atomic E-state index is 12.0. The standard InChI is InChI=1S/C22H30N6O3/c1-6-31-21(29)15-10-23-27(12-15)22-25-17-11-24-28(19(17)20(26-22)30-5)18-9-14(4)7-8-16(18)13(2)3/h10-14,16,18H,6-9H2,1-5H3/t14-,16+,18+/m1/s1. The second kappa shape index (κ2) is 8.64. The number of carbonyl (C=O) groups is 1. The van der Waals surface area contributed by atoms with E-state index in [0.29, 0.717) is 47.3 Å². The van der Waals surface area contributed by atoms with E-state index in [0.717, 1.165) is 11.9 Å². The molecule has 3 atom stereocenters. The number of rotatable bonds is 6. The summed E-state index contributed by atoms with van der Waals surface area (Å²) in [5, 5.41) is 8.94. The Morgan fingerprint density at radius 2 is 2.03 bits per heavy atom. The molecule has 0 amide bonds. The van der Waals surface area contributed by atoms with Gasteiger partial charge >= 0.3 is 5.97 Å². The van der Waals surface area contributed by atoms with E-state index in [1.165, 1.54) is 23.7 Å². The fourth-order valence-electron chi connectivity index (χ4n) is 4.60. The van der Waals surface area contributed by atoms with Gasteiger partial charge in [-0.2, -0.15) is 15.2 Å². The van der Waals surface area contributed by atoms with Gasteiger partial charge in [0, 0.05) is 6.20 Å². The quantitative estimate of drug-likeness (QED) is 0.553. The number of aromatic nitrogens is 6. The second-order valence-electron chi connectivity index (χ2n) is 8.64. The first-order chi connectivity index (χ1) is 14.9. The largest absolute Gasteiger partial charge is 0.479 e. The molecule has 9 nitrogen and oxygen atoms in total. The van der Waals surface area contributed by atoms with Crippen molar-refractivity contribution in [3.05, 3.63) is 24.2 Å². The van der Waals surface area contributed by atoms with Crippen LogP contribution in [0.25, 0.3) is 17.0 Å². The topological polar surface area (TPSA) is 97.0 Å². The van der Waals surface area contributed by atoms with Crippen molar-refractivity contribution < 1.29 is 14.3 Å². The Balaban J connectivity index is 1.75. The van der Waals surface area contributed by atoms with Crippen LogP contribution >= 0.6 is 0 Å². The fourth-order valence-corrected chi connectivity index (χ4v) is 4.60. The van der Waals surface area contributed by atoms with Crippen molar-refractivity contribution in [2.45, 2.75) is 53.0 Å². The van der Waals surface area contributed by atoms with Crippen LogP contribution < -0.4 is 4.74 Å². The van der Waals surface area contributed by atoms with Gasteiger partial charge in [-0.3, -0.25) is 4.68 Å². The molecule has 0 unspecified atom stereocenters. The second-order valence-corrected chi connectivity index (χ2v) is 8.64. The van der Waals surface area contributed by atoms with Gasteiger partial charge in [-0.25, -0.2) is 14.5 Å². The van der Waals surface area contributed by atoms with Crippen molar-refractivity contribution in [3.63, 3.8) is 0 Å². The minimum atomic E-state index is -0.430. The van der Waals surface area contributed by atoms with E-state index >= 15 is 0 Å². The first-order valence-corrected chi connectivity index (χ1v) is 10.9. The third-order valence-electron chi connectivity index (χ3n) is 6.19. The van der Waals surface area contributed by atoms with Gasteiger partial charge in [0.05, 0.1) is 37.7 Å². The average Bonchev–Trinajstić information content (AvgIpc) is 3.40. The van der Waals surface area contributed by atoms with Crippen LogP contribution in [0, 0.1) is 17.8 Å². The van der Waals surface area contributed by atoms with Gasteiger partial charge < -0.3 is 9.47 Å². The van der Waals surface area contributed by atoms with Gasteiger partial charge in [-0.1, -0.05) is 27.2 Å². The van der Waals surface area contributed by atoms with Crippen LogP contribution in [0.2, 0.25) is 0 Å². The molecule has 3 heterocycles. The third-order valence-corrected chi connectivity index (χ3v) is 6.19. The molecule has 1 saturated carbocycles. The van der Waals surface area contributed by atoms with Crippen LogP contribution in [0.15, 0.2) is 18.6 Å². The zero-order valence-electron chi connectivity index (χ0n) is 18.8. The van der Waals surface area contributed by atoms with E-state index in [-0.39, 0.29) is 6.04 Å². The van der Waals surface area contributed by atoms with Crippen molar-refractivity contribution >= 4 is 17.0 Å². The Bertz CT molecular complexity index is 1070. The summed E-state index contributed by atoms with van der Waals surface area (Å²) in [6, 6.07) is 0.282. The molecule has 0 aromatic carbocycles. The van der Waals surface area contributed by atoms with Crippen molar-refractivity contribution in [1.29, 1.82) is 0 Å². The first-order valence-electron chi connectivity index (χ1n) is 10.9. The van der Waals surface area contributed by atoms with Gasteiger partial charge in [0.1, 0.15) is 11.0 Å². The molecule has 0 bridgehead atoms. The highest BCUT2D eigenvalue weighted by molar-refractivity contribution is 5.88. The number of nitrogens with zero attached hydrogens (tertiary/aromatic N) is 6. The Labute approximate surface area is 181 Å². The number of methoxy groups -OCH3 is 1. The Morgan fingerprint density at radius 3 is 2.74 bits per heavy atom. The zero-order chi connectivity index (χ0) is 22.1. The minimum Gasteiger partial charge on any atom is -0.479 e. The number of hydrogen-bond donors (Lipinski definition) is 0. The summed E-state index contributed by atoms with van der Waals surface area (Å²) >= 11 is 0. The monoisotopic (exact) mass is 426 g/mol. The molecule has 31 heavy (non-hydrogen) atoms. The molecule has 9 heteroatoms. The normalized spacial score (nSPS) is 21.5. The van der Waals surface area contributed by atoms with E-state index in [2.05, 4.69) is 40.5 Å². The molecule has 1 aliphatic carbocycles. The van der Waals surface area contributed by atoms with Crippen LogP contribution in [0.4, 0.5) is 0 Å². The van der Waals surface area contributed by atoms with Crippen molar-refractivity contribution in [2.24, 2.45) is 17.8 Å². The molecule has 3 aromatic heterocycles. The van der Waals surface area contributed by atoms with Crippen LogP contribution in [-0.4, -0.2) is 49.2 Å². The van der Waals surface area contributed by atoms with Crippen LogP contribution in [0.5, 0.6) is 5.88 Å². The summed E-state index contributed by atoms with van der Waals surface area (Å²) in [7, 11) is 1.60. The SMILES string of the molecule is CCOC(=O)c1cnn(-c2nc(OC)c3c(cnn3[C@H]3C[C@H](C)CC[C@H]3C(C)C)n2)c1. The molecule has 0 spiro atoms. The number of carbonyl (C=O) groups excluding carboxylic acids is 1. The Kier molecular flexibility index (Phi) is 5.93. The fraction of sp³-hybridized carbons (Fsp3) is 0.591. The number of ether oxygens (including phenoxy) is 2. The third kappa shape index (κ3) is 4.00. The van der Waals surface area contributed by atoms with Gasteiger partial charge in [-0.05, 0) is 37.5 Å². The molecular formula is C22H30N6O3. The molecule has 166 valence electrons. The smallest absolute Gasteiger partial charge is 0.341 e. The van der Waals surface area contributed by atoms with Crippen molar-refractivity contribution in [2.75, 3.05) is 13.7 Å². The average molecular weight is 427 g/mol. The van der Waals surface area contributed by atoms with Gasteiger partial charge in [0.2, 0.25) is 5.88 Å². The first kappa shape index (κ1) is 21.3. The summed E-state index contributed by atoms with van der Waals surface area (Å²) in [5.41, 5.74) is 1.83. The van der Waals surface area contributed by atoms with Crippen LogP contribution in [0.1, 0.15) is 63.4 Å². The lowest BCUT2D eigenvalue weighted by Crippen LogP contribution is -2.30. The van der Waals surface area contributed by atoms with E-state index in [9.17, 15) is 4.79 Å². The molecule has 0 N–H and O–H groups in total. The van der Waals surface area contributed by atoms with E-state index < -0.39 is 5.97 Å².